The Kier molecular flexibility index (Phi) is 5.89. The van der Waals surface area contributed by atoms with E-state index in [0.717, 1.165) is 24.5 Å². The first-order valence-corrected chi connectivity index (χ1v) is 7.27. The summed E-state index contributed by atoms with van der Waals surface area (Å²) in [5, 5.41) is 6.47. The fraction of sp³-hybridized carbons (Fsp3) is 0.294. The zero-order valence-electron chi connectivity index (χ0n) is 12.9. The summed E-state index contributed by atoms with van der Waals surface area (Å²) in [6.45, 7) is 3.14. The Bertz CT molecular complexity index is 626. The molecule has 2 N–H and O–H groups in total. The van der Waals surface area contributed by atoms with E-state index in [1.807, 2.05) is 24.4 Å². The topological polar surface area (TPSA) is 49.3 Å². The van der Waals surface area contributed by atoms with Crippen molar-refractivity contribution in [2.45, 2.75) is 19.9 Å². The quantitative estimate of drug-likeness (QED) is 0.658. The summed E-state index contributed by atoms with van der Waals surface area (Å²) >= 11 is 0. The molecule has 2 aromatic rings. The molecule has 0 aliphatic rings. The summed E-state index contributed by atoms with van der Waals surface area (Å²) in [5.74, 6) is 0.550. The van der Waals surface area contributed by atoms with Gasteiger partial charge in [-0.15, -0.1) is 0 Å². The first-order valence-electron chi connectivity index (χ1n) is 7.27. The molecular formula is C17H21FN4. The first kappa shape index (κ1) is 15.9. The molecule has 22 heavy (non-hydrogen) atoms. The molecule has 0 aliphatic heterocycles. The maximum absolute atomic E-state index is 13.2. The van der Waals surface area contributed by atoms with Crippen molar-refractivity contribution in [3.05, 3.63) is 65.2 Å². The van der Waals surface area contributed by atoms with Gasteiger partial charge < -0.3 is 10.6 Å². The van der Waals surface area contributed by atoms with Crippen LogP contribution in [0.25, 0.3) is 0 Å². The third kappa shape index (κ3) is 4.84. The smallest absolute Gasteiger partial charge is 0.191 e. The van der Waals surface area contributed by atoms with Crippen LogP contribution in [0, 0.1) is 12.7 Å². The summed E-state index contributed by atoms with van der Waals surface area (Å²) in [6, 6.07) is 9.08. The normalized spacial score (nSPS) is 11.3. The van der Waals surface area contributed by atoms with E-state index in [0.29, 0.717) is 12.1 Å². The maximum atomic E-state index is 13.2. The van der Waals surface area contributed by atoms with E-state index in [1.165, 1.54) is 11.6 Å². The highest BCUT2D eigenvalue weighted by Crippen LogP contribution is 2.08. The van der Waals surface area contributed by atoms with Crippen molar-refractivity contribution in [3.63, 3.8) is 0 Å². The number of aromatic nitrogens is 1. The summed E-state index contributed by atoms with van der Waals surface area (Å²) < 4.78 is 13.2. The molecule has 116 valence electrons. The zero-order valence-corrected chi connectivity index (χ0v) is 12.9. The van der Waals surface area contributed by atoms with Crippen LogP contribution in [0.1, 0.15) is 16.7 Å². The number of aryl methyl sites for hydroxylation is 1. The second kappa shape index (κ2) is 8.12. The predicted molar refractivity (Wildman–Crippen MR) is 87.3 cm³/mol. The lowest BCUT2D eigenvalue weighted by molar-refractivity contribution is 0.617. The average molecular weight is 300 g/mol. The lowest BCUT2D eigenvalue weighted by atomic mass is 10.1. The van der Waals surface area contributed by atoms with Crippen molar-refractivity contribution < 1.29 is 4.39 Å². The number of nitrogens with zero attached hydrogens (tertiary/aromatic N) is 2. The van der Waals surface area contributed by atoms with Gasteiger partial charge in [0, 0.05) is 32.5 Å². The molecule has 0 unspecified atom stereocenters. The Hall–Kier alpha value is -2.43. The van der Waals surface area contributed by atoms with Gasteiger partial charge in [0.2, 0.25) is 0 Å². The van der Waals surface area contributed by atoms with Crippen molar-refractivity contribution in [1.29, 1.82) is 0 Å². The van der Waals surface area contributed by atoms with E-state index in [2.05, 4.69) is 20.6 Å². The van der Waals surface area contributed by atoms with Gasteiger partial charge in [0.25, 0.3) is 0 Å². The van der Waals surface area contributed by atoms with Gasteiger partial charge in [0.1, 0.15) is 5.82 Å². The number of rotatable bonds is 5. The third-order valence-corrected chi connectivity index (χ3v) is 3.33. The second-order valence-corrected chi connectivity index (χ2v) is 5.05. The van der Waals surface area contributed by atoms with Gasteiger partial charge in [0.05, 0.1) is 0 Å². The molecule has 0 spiro atoms. The fourth-order valence-electron chi connectivity index (χ4n) is 2.09. The van der Waals surface area contributed by atoms with Crippen molar-refractivity contribution in [1.82, 2.24) is 15.6 Å². The van der Waals surface area contributed by atoms with Gasteiger partial charge in [-0.25, -0.2) is 4.39 Å². The van der Waals surface area contributed by atoms with Crippen LogP contribution >= 0.6 is 0 Å². The molecule has 0 fully saturated rings. The van der Waals surface area contributed by atoms with E-state index in [1.54, 1.807) is 26.2 Å². The minimum atomic E-state index is -0.178. The van der Waals surface area contributed by atoms with Gasteiger partial charge in [-0.05, 0) is 42.2 Å². The molecule has 0 amide bonds. The van der Waals surface area contributed by atoms with E-state index in [4.69, 9.17) is 0 Å². The molecule has 0 saturated heterocycles. The molecule has 4 nitrogen and oxygen atoms in total. The number of hydrogen-bond acceptors (Lipinski definition) is 2. The summed E-state index contributed by atoms with van der Waals surface area (Å²) in [4.78, 5) is 8.27. The van der Waals surface area contributed by atoms with Crippen molar-refractivity contribution >= 4 is 5.96 Å². The molecule has 1 heterocycles. The Morgan fingerprint density at radius 3 is 2.77 bits per heavy atom. The first-order chi connectivity index (χ1) is 10.7. The zero-order chi connectivity index (χ0) is 15.8. The highest BCUT2D eigenvalue weighted by molar-refractivity contribution is 5.79. The van der Waals surface area contributed by atoms with Crippen LogP contribution in [0.15, 0.2) is 47.7 Å². The summed E-state index contributed by atoms with van der Waals surface area (Å²) in [7, 11) is 1.73. The number of hydrogen-bond donors (Lipinski definition) is 2. The van der Waals surface area contributed by atoms with Gasteiger partial charge in [-0.1, -0.05) is 18.2 Å². The van der Waals surface area contributed by atoms with E-state index >= 15 is 0 Å². The largest absolute Gasteiger partial charge is 0.356 e. The lowest BCUT2D eigenvalue weighted by Crippen LogP contribution is -2.37. The fourth-order valence-corrected chi connectivity index (χ4v) is 2.09. The lowest BCUT2D eigenvalue weighted by Gasteiger charge is -2.12. The Morgan fingerprint density at radius 1 is 1.23 bits per heavy atom. The summed E-state index contributed by atoms with van der Waals surface area (Å²) in [6.07, 6.45) is 4.51. The highest BCUT2D eigenvalue weighted by Gasteiger charge is 2.01. The highest BCUT2D eigenvalue weighted by atomic mass is 19.1. The minimum Gasteiger partial charge on any atom is -0.356 e. The Morgan fingerprint density at radius 2 is 2.09 bits per heavy atom. The standard InChI is InChI=1S/C17H21FN4/c1-13-10-15(5-6-16(13)18)12-22-17(19-2)21-9-7-14-4-3-8-20-11-14/h3-6,8,10-11H,7,9,12H2,1-2H3,(H2,19,21,22). The van der Waals surface area contributed by atoms with Crippen molar-refractivity contribution in [2.75, 3.05) is 13.6 Å². The van der Waals surface area contributed by atoms with Crippen LogP contribution in [-0.4, -0.2) is 24.5 Å². The number of pyridine rings is 1. The number of nitrogens with one attached hydrogen (secondary N) is 2. The van der Waals surface area contributed by atoms with Crippen LogP contribution < -0.4 is 10.6 Å². The van der Waals surface area contributed by atoms with Crippen LogP contribution in [0.3, 0.4) is 0 Å². The molecule has 1 aromatic carbocycles. The van der Waals surface area contributed by atoms with Gasteiger partial charge in [-0.2, -0.15) is 0 Å². The number of guanidine groups is 1. The van der Waals surface area contributed by atoms with Crippen molar-refractivity contribution in [3.8, 4) is 0 Å². The van der Waals surface area contributed by atoms with Gasteiger partial charge >= 0.3 is 0 Å². The summed E-state index contributed by atoms with van der Waals surface area (Å²) in [5.41, 5.74) is 2.85. The molecule has 1 aromatic heterocycles. The van der Waals surface area contributed by atoms with Gasteiger partial charge in [0.15, 0.2) is 5.96 Å². The molecular weight excluding hydrogens is 279 g/mol. The number of aliphatic imine (C=N–C) groups is 1. The molecule has 0 aliphatic carbocycles. The minimum absolute atomic E-state index is 0.178. The number of halogens is 1. The SMILES string of the molecule is CN=C(NCCc1cccnc1)NCc1ccc(F)c(C)c1. The molecule has 5 heteroatoms. The van der Waals surface area contributed by atoms with E-state index in [-0.39, 0.29) is 5.82 Å². The predicted octanol–water partition coefficient (Wildman–Crippen LogP) is 2.44. The number of benzene rings is 1. The van der Waals surface area contributed by atoms with Crippen molar-refractivity contribution in [2.24, 2.45) is 4.99 Å². The Labute approximate surface area is 130 Å². The third-order valence-electron chi connectivity index (χ3n) is 3.33. The van der Waals surface area contributed by atoms with Crippen LogP contribution in [0.5, 0.6) is 0 Å². The second-order valence-electron chi connectivity index (χ2n) is 5.05. The molecule has 0 radical (unpaired) electrons. The van der Waals surface area contributed by atoms with Crippen LogP contribution in [-0.2, 0) is 13.0 Å². The maximum Gasteiger partial charge on any atom is 0.191 e. The van der Waals surface area contributed by atoms with Crippen LogP contribution in [0.2, 0.25) is 0 Å². The van der Waals surface area contributed by atoms with E-state index in [9.17, 15) is 4.39 Å². The van der Waals surface area contributed by atoms with Crippen LogP contribution in [0.4, 0.5) is 4.39 Å². The van der Waals surface area contributed by atoms with E-state index < -0.39 is 0 Å². The average Bonchev–Trinajstić information content (AvgIpc) is 2.55. The Balaban J connectivity index is 1.78. The molecule has 0 saturated carbocycles. The van der Waals surface area contributed by atoms with Gasteiger partial charge in [-0.3, -0.25) is 9.98 Å². The molecule has 0 bridgehead atoms. The molecule has 0 atom stereocenters. The molecule has 2 rings (SSSR count). The monoisotopic (exact) mass is 300 g/mol.